The quantitative estimate of drug-likeness (QED) is 0.320. The number of carbonyl (C=O) groups excluding carboxylic acids is 2. The Balaban J connectivity index is 1.39. The van der Waals surface area contributed by atoms with Crippen molar-refractivity contribution >= 4 is 19.6 Å². The number of hydrogen-bond donors (Lipinski definition) is 4. The molecule has 0 heterocycles. The minimum atomic E-state index is -4.95. The molecule has 212 valence electrons. The number of aryl methyl sites for hydroxylation is 2. The Morgan fingerprint density at radius 2 is 1.38 bits per heavy atom. The van der Waals surface area contributed by atoms with E-state index >= 15 is 0 Å². The third kappa shape index (κ3) is 7.13. The molecule has 0 aliphatic heterocycles. The van der Waals surface area contributed by atoms with Crippen LogP contribution in [-0.4, -0.2) is 52.0 Å². The van der Waals surface area contributed by atoms with Gasteiger partial charge in [-0.15, -0.1) is 0 Å². The molecule has 0 radical (unpaired) electrons. The fourth-order valence-electron chi connectivity index (χ4n) is 5.21. The van der Waals surface area contributed by atoms with Crippen LogP contribution in [0.1, 0.15) is 43.2 Å². The van der Waals surface area contributed by atoms with Crippen LogP contribution in [0.15, 0.2) is 36.4 Å². The van der Waals surface area contributed by atoms with Gasteiger partial charge < -0.3 is 29.9 Å². The second kappa shape index (κ2) is 11.2. The van der Waals surface area contributed by atoms with E-state index in [1.807, 2.05) is 0 Å². The molecule has 0 spiro atoms. The maximum atomic E-state index is 13.8. The number of nitrogens with one attached hydrogen (secondary N) is 2. The van der Waals surface area contributed by atoms with Gasteiger partial charge in [-0.1, -0.05) is 12.1 Å². The van der Waals surface area contributed by atoms with E-state index in [0.29, 0.717) is 24.0 Å². The van der Waals surface area contributed by atoms with Crippen molar-refractivity contribution < 1.29 is 46.7 Å². The Bertz CT molecular complexity index is 1290. The molecule has 1 unspecified atom stereocenters. The van der Waals surface area contributed by atoms with Crippen LogP contribution in [0.25, 0.3) is 0 Å². The molecule has 3 fully saturated rings. The molecule has 2 aromatic rings. The topological polar surface area (TPSA) is 143 Å². The number of ether oxygens (including phenoxy) is 2. The number of rotatable bonds is 10. The number of phosphoric ester groups is 1. The number of hydrogen-bond acceptors (Lipinski definition) is 6. The van der Waals surface area contributed by atoms with Crippen LogP contribution < -0.4 is 20.1 Å². The van der Waals surface area contributed by atoms with E-state index in [9.17, 15) is 32.7 Å². The largest absolute Gasteiger partial charge is 0.484 e. The fraction of sp³-hybridized carbons (Fsp3) is 0.462. The van der Waals surface area contributed by atoms with Crippen molar-refractivity contribution in [1.82, 2.24) is 10.6 Å². The second-order valence-electron chi connectivity index (χ2n) is 10.2. The van der Waals surface area contributed by atoms with Crippen molar-refractivity contribution in [3.05, 3.63) is 59.2 Å². The van der Waals surface area contributed by atoms with Gasteiger partial charge >= 0.3 is 7.82 Å². The lowest BCUT2D eigenvalue weighted by atomic mass is 9.60. The van der Waals surface area contributed by atoms with Crippen molar-refractivity contribution in [3.63, 3.8) is 0 Å². The predicted octanol–water partition coefficient (Wildman–Crippen LogP) is 3.21. The molecule has 2 bridgehead atoms. The Hall–Kier alpha value is -3.05. The monoisotopic (exact) mass is 568 g/mol. The van der Waals surface area contributed by atoms with E-state index in [2.05, 4.69) is 10.6 Å². The van der Waals surface area contributed by atoms with Crippen molar-refractivity contribution in [2.24, 2.45) is 0 Å². The lowest BCUT2D eigenvalue weighted by Crippen LogP contribution is -2.71. The molecule has 1 atom stereocenters. The Labute approximate surface area is 224 Å². The van der Waals surface area contributed by atoms with Gasteiger partial charge in [0.25, 0.3) is 11.8 Å². The molecule has 5 rings (SSSR count). The summed E-state index contributed by atoms with van der Waals surface area (Å²) in [4.78, 5) is 44.5. The first-order valence-electron chi connectivity index (χ1n) is 12.4. The number of carbonyl (C=O) groups is 2. The molecule has 4 N–H and O–H groups in total. The SMILES string of the molecule is Cc1ccc(OCC(=O)NC23CCC(NC(=O)COc4ccc(C)c(F)c4)(CC2)C(OP(=O)(O)O)C3)cc1F. The predicted molar refractivity (Wildman–Crippen MR) is 135 cm³/mol. The zero-order chi connectivity index (χ0) is 28.4. The molecule has 0 saturated heterocycles. The van der Waals surface area contributed by atoms with Gasteiger partial charge in [0.15, 0.2) is 13.2 Å². The Morgan fingerprint density at radius 3 is 1.85 bits per heavy atom. The maximum Gasteiger partial charge on any atom is 0.469 e. The number of phosphoric acid groups is 1. The average molecular weight is 569 g/mol. The highest BCUT2D eigenvalue weighted by molar-refractivity contribution is 7.46. The van der Waals surface area contributed by atoms with Crippen LogP contribution in [0.5, 0.6) is 11.5 Å². The van der Waals surface area contributed by atoms with Crippen molar-refractivity contribution in [2.75, 3.05) is 13.2 Å². The zero-order valence-corrected chi connectivity index (χ0v) is 22.4. The van der Waals surface area contributed by atoms with Gasteiger partial charge in [-0.05, 0) is 69.2 Å². The molecule has 2 amide bonds. The van der Waals surface area contributed by atoms with Gasteiger partial charge in [0, 0.05) is 17.7 Å². The molecule has 3 aliphatic carbocycles. The molecule has 3 saturated carbocycles. The van der Waals surface area contributed by atoms with Crippen LogP contribution in [0.4, 0.5) is 8.78 Å². The van der Waals surface area contributed by atoms with E-state index in [1.54, 1.807) is 19.9 Å². The van der Waals surface area contributed by atoms with E-state index in [1.165, 1.54) is 24.3 Å². The number of halogens is 2. The lowest BCUT2D eigenvalue weighted by molar-refractivity contribution is -0.136. The maximum absolute atomic E-state index is 13.8. The summed E-state index contributed by atoms with van der Waals surface area (Å²) in [6.07, 6.45) is 0.286. The first kappa shape index (κ1) is 28.9. The summed E-state index contributed by atoms with van der Waals surface area (Å²) in [5.74, 6) is -1.62. The van der Waals surface area contributed by atoms with Gasteiger partial charge in [0.05, 0.1) is 11.6 Å². The summed E-state index contributed by atoms with van der Waals surface area (Å²) in [5.41, 5.74) is -1.06. The van der Waals surface area contributed by atoms with Crippen LogP contribution in [0.2, 0.25) is 0 Å². The molecular weight excluding hydrogens is 537 g/mol. The van der Waals surface area contributed by atoms with E-state index < -0.39 is 55.1 Å². The molecular formula is C26H31F2N2O8P. The summed E-state index contributed by atoms with van der Waals surface area (Å²) in [6, 6.07) is 8.48. The number of amides is 2. The molecule has 2 aromatic carbocycles. The molecule has 13 heteroatoms. The van der Waals surface area contributed by atoms with Gasteiger partial charge in [0.2, 0.25) is 0 Å². The van der Waals surface area contributed by atoms with Crippen LogP contribution in [0.3, 0.4) is 0 Å². The second-order valence-corrected chi connectivity index (χ2v) is 11.4. The standard InChI is InChI=1S/C26H31F2N2O8P/c1-16-3-5-18(11-20(16)27)36-14-23(31)29-25-7-9-26(10-8-25,22(13-25)38-39(33,34)35)30-24(32)15-37-19-6-4-17(2)21(28)12-19/h3-6,11-12,22H,7-10,13-15H2,1-2H3,(H,29,31)(H,30,32)(H2,33,34,35). The Kier molecular flexibility index (Phi) is 8.32. The summed E-state index contributed by atoms with van der Waals surface area (Å²) >= 11 is 0. The third-order valence-corrected chi connectivity index (χ3v) is 7.90. The van der Waals surface area contributed by atoms with Gasteiger partial charge in [-0.25, -0.2) is 13.3 Å². The highest BCUT2D eigenvalue weighted by Gasteiger charge is 2.57. The van der Waals surface area contributed by atoms with Gasteiger partial charge in [0.1, 0.15) is 23.1 Å². The number of benzene rings is 2. The Morgan fingerprint density at radius 1 is 0.897 bits per heavy atom. The van der Waals surface area contributed by atoms with Crippen LogP contribution in [-0.2, 0) is 18.7 Å². The third-order valence-electron chi connectivity index (χ3n) is 7.38. The highest BCUT2D eigenvalue weighted by atomic mass is 31.2. The zero-order valence-electron chi connectivity index (χ0n) is 21.5. The van der Waals surface area contributed by atoms with Crippen molar-refractivity contribution in [1.29, 1.82) is 0 Å². The minimum Gasteiger partial charge on any atom is -0.484 e. The molecule has 10 nitrogen and oxygen atoms in total. The van der Waals surface area contributed by atoms with Crippen molar-refractivity contribution in [2.45, 2.75) is 63.1 Å². The van der Waals surface area contributed by atoms with Gasteiger partial charge in [-0.2, -0.15) is 0 Å². The molecule has 0 aromatic heterocycles. The summed E-state index contributed by atoms with van der Waals surface area (Å²) in [5, 5.41) is 5.71. The summed E-state index contributed by atoms with van der Waals surface area (Å²) in [7, 11) is -4.95. The highest BCUT2D eigenvalue weighted by Crippen LogP contribution is 2.52. The summed E-state index contributed by atoms with van der Waals surface area (Å²) < 4.78 is 55.2. The van der Waals surface area contributed by atoms with Crippen LogP contribution in [0, 0.1) is 25.5 Å². The van der Waals surface area contributed by atoms with Crippen LogP contribution >= 0.6 is 7.82 Å². The molecule has 3 aliphatic rings. The first-order chi connectivity index (χ1) is 18.3. The smallest absolute Gasteiger partial charge is 0.469 e. The minimum absolute atomic E-state index is 0.0350. The lowest BCUT2D eigenvalue weighted by Gasteiger charge is -2.57. The fourth-order valence-corrected chi connectivity index (χ4v) is 5.81. The van der Waals surface area contributed by atoms with Crippen molar-refractivity contribution in [3.8, 4) is 11.5 Å². The molecule has 39 heavy (non-hydrogen) atoms. The normalized spacial score (nSPS) is 24.2. The first-order valence-corrected chi connectivity index (χ1v) is 14.0. The summed E-state index contributed by atoms with van der Waals surface area (Å²) in [6.45, 7) is 2.38. The van der Waals surface area contributed by atoms with E-state index in [-0.39, 0.29) is 37.4 Å². The number of fused-ring (bicyclic) bond motifs is 3. The van der Waals surface area contributed by atoms with Gasteiger partial charge in [-0.3, -0.25) is 14.1 Å². The average Bonchev–Trinajstić information content (AvgIpc) is 2.85. The van der Waals surface area contributed by atoms with E-state index in [0.717, 1.165) is 6.07 Å². The van der Waals surface area contributed by atoms with E-state index in [4.69, 9.17) is 14.0 Å².